The van der Waals surface area contributed by atoms with Gasteiger partial charge in [0, 0.05) is 19.1 Å². The summed E-state index contributed by atoms with van der Waals surface area (Å²) in [5.41, 5.74) is 2.41. The first-order chi connectivity index (χ1) is 13.0. The molecular weight excluding hydrogens is 370 g/mol. The van der Waals surface area contributed by atoms with Crippen LogP contribution >= 0.6 is 0 Å². The van der Waals surface area contributed by atoms with Crippen LogP contribution in [0.2, 0.25) is 18.1 Å². The van der Waals surface area contributed by atoms with Gasteiger partial charge in [-0.05, 0) is 23.7 Å². The van der Waals surface area contributed by atoms with E-state index in [0.717, 1.165) is 11.3 Å². The molecule has 0 saturated carbocycles. The summed E-state index contributed by atoms with van der Waals surface area (Å²) in [4.78, 5) is 15.9. The van der Waals surface area contributed by atoms with Crippen LogP contribution in [-0.4, -0.2) is 26.4 Å². The van der Waals surface area contributed by atoms with E-state index in [9.17, 15) is 4.79 Å². The molecule has 2 aromatic rings. The zero-order chi connectivity index (χ0) is 20.9. The minimum Gasteiger partial charge on any atom is -0.497 e. The average molecular weight is 402 g/mol. The van der Waals surface area contributed by atoms with Crippen molar-refractivity contribution < 1.29 is 18.7 Å². The minimum atomic E-state index is -2.08. The number of methoxy groups -OCH3 is 1. The first-order valence-electron chi connectivity index (χ1n) is 9.44. The Labute approximate surface area is 169 Å². The number of esters is 1. The molecule has 152 valence electrons. The summed E-state index contributed by atoms with van der Waals surface area (Å²) < 4.78 is 17.4. The lowest BCUT2D eigenvalue weighted by atomic mass is 10.1. The SMILES string of the molecule is COc1cc(COC(C)=O)nc([C@H](O[Si](C)(C)C(C)(C)C)c2ccccc2)c1. The molecule has 1 heterocycles. The number of carbonyl (C=O) groups excluding carboxylic acids is 1. The summed E-state index contributed by atoms with van der Waals surface area (Å²) in [6.07, 6.45) is -0.326. The molecule has 0 aliphatic rings. The molecular formula is C22H31NO4Si. The van der Waals surface area contributed by atoms with Crippen molar-refractivity contribution in [2.24, 2.45) is 0 Å². The van der Waals surface area contributed by atoms with Crippen molar-refractivity contribution in [3.05, 3.63) is 59.4 Å². The van der Waals surface area contributed by atoms with Crippen LogP contribution in [0.25, 0.3) is 0 Å². The molecule has 0 fully saturated rings. The van der Waals surface area contributed by atoms with Gasteiger partial charge >= 0.3 is 5.97 Å². The highest BCUT2D eigenvalue weighted by Crippen LogP contribution is 2.41. The van der Waals surface area contributed by atoms with Crippen LogP contribution in [0.4, 0.5) is 0 Å². The molecule has 0 N–H and O–H groups in total. The fourth-order valence-electron chi connectivity index (χ4n) is 2.48. The lowest BCUT2D eigenvalue weighted by molar-refractivity contribution is -0.142. The summed E-state index contributed by atoms with van der Waals surface area (Å²) in [7, 11) is -0.469. The summed E-state index contributed by atoms with van der Waals surface area (Å²) in [5.74, 6) is 0.315. The normalized spacial score (nSPS) is 13.1. The third-order valence-corrected chi connectivity index (χ3v) is 9.56. The number of benzene rings is 1. The number of hydrogen-bond donors (Lipinski definition) is 0. The largest absolute Gasteiger partial charge is 0.497 e. The van der Waals surface area contributed by atoms with Gasteiger partial charge in [0.15, 0.2) is 8.32 Å². The molecule has 0 bridgehead atoms. The summed E-state index contributed by atoms with van der Waals surface area (Å²) >= 11 is 0. The molecule has 0 aliphatic heterocycles. The van der Waals surface area contributed by atoms with Gasteiger partial charge in [0.1, 0.15) is 18.5 Å². The van der Waals surface area contributed by atoms with Gasteiger partial charge in [-0.25, -0.2) is 0 Å². The fraction of sp³-hybridized carbons (Fsp3) is 0.455. The Morgan fingerprint density at radius 3 is 2.32 bits per heavy atom. The lowest BCUT2D eigenvalue weighted by Crippen LogP contribution is -2.42. The van der Waals surface area contributed by atoms with E-state index in [4.69, 9.17) is 18.9 Å². The maximum Gasteiger partial charge on any atom is 0.303 e. The van der Waals surface area contributed by atoms with Crippen LogP contribution in [0.15, 0.2) is 42.5 Å². The smallest absolute Gasteiger partial charge is 0.303 e. The van der Waals surface area contributed by atoms with Crippen molar-refractivity contribution in [1.82, 2.24) is 4.98 Å². The third kappa shape index (κ3) is 5.66. The van der Waals surface area contributed by atoms with E-state index in [2.05, 4.69) is 33.9 Å². The van der Waals surface area contributed by atoms with Crippen LogP contribution in [0.5, 0.6) is 5.75 Å². The molecule has 28 heavy (non-hydrogen) atoms. The lowest BCUT2D eigenvalue weighted by Gasteiger charge is -2.39. The number of nitrogens with zero attached hydrogens (tertiary/aromatic N) is 1. The van der Waals surface area contributed by atoms with Crippen molar-refractivity contribution in [2.45, 2.75) is 58.5 Å². The first kappa shape index (κ1) is 22.1. The number of rotatable bonds is 7. The summed E-state index contributed by atoms with van der Waals surface area (Å²) in [6.45, 7) is 12.6. The average Bonchev–Trinajstić information content (AvgIpc) is 2.64. The number of aromatic nitrogens is 1. The molecule has 1 atom stereocenters. The third-order valence-electron chi connectivity index (χ3n) is 5.12. The van der Waals surface area contributed by atoms with E-state index in [1.165, 1.54) is 6.92 Å². The van der Waals surface area contributed by atoms with Crippen molar-refractivity contribution >= 4 is 14.3 Å². The Bertz CT molecular complexity index is 800. The van der Waals surface area contributed by atoms with Crippen LogP contribution in [0.3, 0.4) is 0 Å². The molecule has 0 radical (unpaired) electrons. The monoisotopic (exact) mass is 401 g/mol. The molecule has 0 amide bonds. The van der Waals surface area contributed by atoms with E-state index in [1.54, 1.807) is 13.2 Å². The molecule has 5 nitrogen and oxygen atoms in total. The Morgan fingerprint density at radius 1 is 1.14 bits per heavy atom. The maximum absolute atomic E-state index is 11.2. The standard InChI is InChI=1S/C22H31NO4Si/c1-16(24)26-15-18-13-19(25-5)14-20(23-18)21(17-11-9-8-10-12-17)27-28(6,7)22(2,3)4/h8-14,21H,15H2,1-7H3/t21-/m1/s1. The molecule has 0 aliphatic carbocycles. The molecule has 1 aromatic carbocycles. The maximum atomic E-state index is 11.2. The molecule has 0 saturated heterocycles. The predicted octanol–water partition coefficient (Wildman–Crippen LogP) is 5.26. The highest BCUT2D eigenvalue weighted by Gasteiger charge is 2.40. The second-order valence-corrected chi connectivity index (χ2v) is 13.1. The Kier molecular flexibility index (Phi) is 7.01. The molecule has 2 rings (SSSR count). The van der Waals surface area contributed by atoms with Gasteiger partial charge < -0.3 is 13.9 Å². The van der Waals surface area contributed by atoms with Crippen molar-refractivity contribution in [3.63, 3.8) is 0 Å². The van der Waals surface area contributed by atoms with Gasteiger partial charge in [-0.15, -0.1) is 0 Å². The summed E-state index contributed by atoms with van der Waals surface area (Å²) in [5, 5.41) is 0.0550. The number of hydrogen-bond acceptors (Lipinski definition) is 5. The van der Waals surface area contributed by atoms with E-state index in [-0.39, 0.29) is 23.7 Å². The van der Waals surface area contributed by atoms with Crippen LogP contribution in [-0.2, 0) is 20.6 Å². The first-order valence-corrected chi connectivity index (χ1v) is 12.4. The van der Waals surface area contributed by atoms with Crippen LogP contribution < -0.4 is 4.74 Å². The predicted molar refractivity (Wildman–Crippen MR) is 113 cm³/mol. The van der Waals surface area contributed by atoms with Crippen molar-refractivity contribution in [2.75, 3.05) is 7.11 Å². The van der Waals surface area contributed by atoms with Gasteiger partial charge in [0.2, 0.25) is 0 Å². The fourth-order valence-corrected chi connectivity index (χ4v) is 3.68. The Balaban J connectivity index is 2.51. The minimum absolute atomic E-state index is 0.0550. The van der Waals surface area contributed by atoms with Crippen molar-refractivity contribution in [1.29, 1.82) is 0 Å². The van der Waals surface area contributed by atoms with Crippen LogP contribution in [0, 0.1) is 0 Å². The second-order valence-electron chi connectivity index (χ2n) is 8.37. The Hall–Kier alpha value is -2.18. The quantitative estimate of drug-likeness (QED) is 0.467. The van der Waals surface area contributed by atoms with Gasteiger partial charge in [-0.3, -0.25) is 9.78 Å². The van der Waals surface area contributed by atoms with Gasteiger partial charge in [0.25, 0.3) is 0 Å². The zero-order valence-corrected chi connectivity index (χ0v) is 18.9. The molecule has 0 unspecified atom stereocenters. The van der Waals surface area contributed by atoms with Gasteiger partial charge in [0.05, 0.1) is 18.5 Å². The topological polar surface area (TPSA) is 57.7 Å². The number of pyridine rings is 1. The summed E-state index contributed by atoms with van der Waals surface area (Å²) in [6, 6.07) is 13.7. The second kappa shape index (κ2) is 8.88. The molecule has 0 spiro atoms. The highest BCUT2D eigenvalue weighted by atomic mass is 28.4. The number of carbonyl (C=O) groups is 1. The van der Waals surface area contributed by atoms with Crippen molar-refractivity contribution in [3.8, 4) is 5.75 Å². The number of ether oxygens (including phenoxy) is 2. The van der Waals surface area contributed by atoms with E-state index < -0.39 is 8.32 Å². The Morgan fingerprint density at radius 2 is 1.79 bits per heavy atom. The molecule has 6 heteroatoms. The van der Waals surface area contributed by atoms with Gasteiger partial charge in [-0.1, -0.05) is 51.1 Å². The highest BCUT2D eigenvalue weighted by molar-refractivity contribution is 6.74. The van der Waals surface area contributed by atoms with Gasteiger partial charge in [-0.2, -0.15) is 0 Å². The van der Waals surface area contributed by atoms with E-state index >= 15 is 0 Å². The van der Waals surface area contributed by atoms with Crippen LogP contribution in [0.1, 0.15) is 50.8 Å². The van der Waals surface area contributed by atoms with E-state index in [0.29, 0.717) is 11.4 Å². The zero-order valence-electron chi connectivity index (χ0n) is 17.9. The van der Waals surface area contributed by atoms with E-state index in [1.807, 2.05) is 36.4 Å². The molecule has 1 aromatic heterocycles.